The van der Waals surface area contributed by atoms with Gasteiger partial charge in [-0.1, -0.05) is 60.7 Å². The van der Waals surface area contributed by atoms with Gasteiger partial charge in [-0.15, -0.1) is 0 Å². The summed E-state index contributed by atoms with van der Waals surface area (Å²) in [6, 6.07) is 20.0. The van der Waals surface area contributed by atoms with Crippen LogP contribution in [0.4, 0.5) is 0 Å². The lowest BCUT2D eigenvalue weighted by molar-refractivity contribution is 0.00723. The van der Waals surface area contributed by atoms with Gasteiger partial charge in [-0.3, -0.25) is 0 Å². The molecule has 0 aliphatic heterocycles. The minimum Gasteiger partial charge on any atom is -0.394 e. The van der Waals surface area contributed by atoms with E-state index in [1.54, 1.807) is 0 Å². The molecular weight excluding hydrogens is 360 g/mol. The second kappa shape index (κ2) is 16.2. The van der Waals surface area contributed by atoms with Crippen molar-refractivity contribution >= 4 is 0 Å². The molecule has 0 radical (unpaired) electrons. The lowest BCUT2D eigenvalue weighted by Gasteiger charge is -2.07. The Hall–Kier alpha value is -1.80. The van der Waals surface area contributed by atoms with Crippen LogP contribution in [-0.4, -0.2) is 72.3 Å². The lowest BCUT2D eigenvalue weighted by atomic mass is 10.2. The molecule has 0 bridgehead atoms. The summed E-state index contributed by atoms with van der Waals surface area (Å²) < 4.78 is 10.4. The molecule has 0 aliphatic rings. The quantitative estimate of drug-likeness (QED) is 0.405. The Morgan fingerprint density at radius 3 is 1.29 bits per heavy atom. The third kappa shape index (κ3) is 12.6. The number of hydrogen-bond donors (Lipinski definition) is 4. The Morgan fingerprint density at radius 2 is 0.964 bits per heavy atom. The molecule has 2 rings (SSSR count). The Bertz CT molecular complexity index is 525. The monoisotopic (exact) mass is 392 g/mol. The third-order valence-corrected chi connectivity index (χ3v) is 3.80. The van der Waals surface area contributed by atoms with Crippen molar-refractivity contribution in [2.75, 3.05) is 39.6 Å². The van der Waals surface area contributed by atoms with Crippen molar-refractivity contribution in [3.63, 3.8) is 0 Å². The Kier molecular flexibility index (Phi) is 14.0. The van der Waals surface area contributed by atoms with Gasteiger partial charge in [-0.2, -0.15) is 0 Å². The molecule has 156 valence electrons. The molecule has 28 heavy (non-hydrogen) atoms. The highest BCUT2D eigenvalue weighted by atomic mass is 16.5. The first kappa shape index (κ1) is 24.2. The van der Waals surface area contributed by atoms with E-state index in [9.17, 15) is 0 Å². The average molecular weight is 392 g/mol. The van der Waals surface area contributed by atoms with Gasteiger partial charge in [-0.25, -0.2) is 0 Å². The highest BCUT2D eigenvalue weighted by Crippen LogP contribution is 2.00. The molecule has 0 spiro atoms. The van der Waals surface area contributed by atoms with Crippen molar-refractivity contribution < 1.29 is 29.9 Å². The van der Waals surface area contributed by atoms with Crippen molar-refractivity contribution in [2.45, 2.75) is 25.0 Å². The second-order valence-corrected chi connectivity index (χ2v) is 6.29. The second-order valence-electron chi connectivity index (χ2n) is 6.29. The molecule has 0 fully saturated rings. The van der Waals surface area contributed by atoms with Crippen LogP contribution in [0.15, 0.2) is 60.7 Å². The standard InChI is InChI=1S/2C11H16O3/c2*12-8-11(13)9-14-7-6-10-4-2-1-3-5-10/h2*1-5,11-13H,6-9H2. The van der Waals surface area contributed by atoms with Crippen molar-refractivity contribution in [3.05, 3.63) is 71.8 Å². The van der Waals surface area contributed by atoms with Crippen molar-refractivity contribution in [3.8, 4) is 0 Å². The van der Waals surface area contributed by atoms with Crippen LogP contribution in [0.3, 0.4) is 0 Å². The predicted octanol–water partition coefficient (Wildman–Crippen LogP) is 1.20. The van der Waals surface area contributed by atoms with Gasteiger partial charge in [0, 0.05) is 0 Å². The van der Waals surface area contributed by atoms with Crippen LogP contribution in [0.25, 0.3) is 0 Å². The first-order valence-electron chi connectivity index (χ1n) is 9.47. The summed E-state index contributed by atoms with van der Waals surface area (Å²) in [5.41, 5.74) is 2.43. The van der Waals surface area contributed by atoms with E-state index in [0.29, 0.717) is 13.2 Å². The Morgan fingerprint density at radius 1 is 0.607 bits per heavy atom. The molecule has 0 aromatic heterocycles. The maximum atomic E-state index is 8.98. The smallest absolute Gasteiger partial charge is 0.100 e. The van der Waals surface area contributed by atoms with Crippen LogP contribution in [-0.2, 0) is 22.3 Å². The molecule has 0 saturated carbocycles. The number of hydrogen-bond acceptors (Lipinski definition) is 6. The van der Waals surface area contributed by atoms with Crippen LogP contribution in [0.2, 0.25) is 0 Å². The fourth-order valence-electron chi connectivity index (χ4n) is 2.21. The summed E-state index contributed by atoms with van der Waals surface area (Å²) in [6.07, 6.45) is 0.148. The van der Waals surface area contributed by atoms with Gasteiger partial charge in [0.2, 0.25) is 0 Å². The molecule has 2 aromatic carbocycles. The zero-order chi connectivity index (χ0) is 20.5. The topological polar surface area (TPSA) is 99.4 Å². The maximum Gasteiger partial charge on any atom is 0.100 e. The Balaban J connectivity index is 0.000000280. The van der Waals surface area contributed by atoms with Crippen LogP contribution >= 0.6 is 0 Å². The predicted molar refractivity (Wildman–Crippen MR) is 108 cm³/mol. The summed E-state index contributed by atoms with van der Waals surface area (Å²) >= 11 is 0. The molecular formula is C22H32O6. The van der Waals surface area contributed by atoms with E-state index in [-0.39, 0.29) is 26.4 Å². The fourth-order valence-corrected chi connectivity index (χ4v) is 2.21. The molecule has 0 saturated heterocycles. The van der Waals surface area contributed by atoms with Crippen molar-refractivity contribution in [1.29, 1.82) is 0 Å². The number of aliphatic hydroxyl groups excluding tert-OH is 4. The summed E-state index contributed by atoms with van der Waals surface area (Å²) in [6.45, 7) is 1.05. The van der Waals surface area contributed by atoms with Gasteiger partial charge in [0.15, 0.2) is 0 Å². The van der Waals surface area contributed by atoms with Crippen LogP contribution < -0.4 is 0 Å². The van der Waals surface area contributed by atoms with Gasteiger partial charge < -0.3 is 29.9 Å². The summed E-state index contributed by atoms with van der Waals surface area (Å²) in [5.74, 6) is 0. The Labute approximate surface area is 167 Å². The SMILES string of the molecule is OCC(O)COCCc1ccccc1.OCC(O)COCCc1ccccc1. The number of benzene rings is 2. The molecule has 6 heteroatoms. The minimum atomic E-state index is -0.759. The van der Waals surface area contributed by atoms with Gasteiger partial charge in [0.1, 0.15) is 12.2 Å². The van der Waals surface area contributed by atoms with Gasteiger partial charge in [0.25, 0.3) is 0 Å². The van der Waals surface area contributed by atoms with Crippen molar-refractivity contribution in [1.82, 2.24) is 0 Å². The van der Waals surface area contributed by atoms with Crippen LogP contribution in [0.1, 0.15) is 11.1 Å². The van der Waals surface area contributed by atoms with Gasteiger partial charge >= 0.3 is 0 Å². The van der Waals surface area contributed by atoms with Crippen LogP contribution in [0.5, 0.6) is 0 Å². The van der Waals surface area contributed by atoms with Gasteiger partial charge in [0.05, 0.1) is 39.6 Å². The average Bonchev–Trinajstić information content (AvgIpc) is 2.76. The number of rotatable bonds is 12. The lowest BCUT2D eigenvalue weighted by Crippen LogP contribution is -2.20. The highest BCUT2D eigenvalue weighted by Gasteiger charge is 2.01. The molecule has 4 N–H and O–H groups in total. The zero-order valence-electron chi connectivity index (χ0n) is 16.2. The van der Waals surface area contributed by atoms with Gasteiger partial charge in [-0.05, 0) is 24.0 Å². The van der Waals surface area contributed by atoms with Crippen molar-refractivity contribution in [2.24, 2.45) is 0 Å². The molecule has 2 atom stereocenters. The number of aliphatic hydroxyl groups is 4. The molecule has 6 nitrogen and oxygen atoms in total. The van der Waals surface area contributed by atoms with E-state index in [4.69, 9.17) is 29.9 Å². The fraction of sp³-hybridized carbons (Fsp3) is 0.455. The van der Waals surface area contributed by atoms with E-state index in [1.165, 1.54) is 11.1 Å². The number of ether oxygens (including phenoxy) is 2. The summed E-state index contributed by atoms with van der Waals surface area (Å²) in [4.78, 5) is 0. The maximum absolute atomic E-state index is 8.98. The van der Waals surface area contributed by atoms with E-state index < -0.39 is 12.2 Å². The van der Waals surface area contributed by atoms with E-state index in [0.717, 1.165) is 12.8 Å². The third-order valence-electron chi connectivity index (χ3n) is 3.80. The molecule has 2 aromatic rings. The zero-order valence-corrected chi connectivity index (χ0v) is 16.2. The van der Waals surface area contributed by atoms with E-state index in [1.807, 2.05) is 60.7 Å². The minimum absolute atomic E-state index is 0.198. The van der Waals surface area contributed by atoms with E-state index >= 15 is 0 Å². The summed E-state index contributed by atoms with van der Waals surface area (Å²) in [7, 11) is 0. The first-order valence-corrected chi connectivity index (χ1v) is 9.47. The molecule has 2 unspecified atom stereocenters. The normalized spacial score (nSPS) is 12.7. The van der Waals surface area contributed by atoms with E-state index in [2.05, 4.69) is 0 Å². The van der Waals surface area contributed by atoms with Crippen LogP contribution in [0, 0.1) is 0 Å². The summed E-state index contributed by atoms with van der Waals surface area (Å²) in [5, 5.41) is 35.0. The molecule has 0 heterocycles. The first-order chi connectivity index (χ1) is 13.7. The highest BCUT2D eigenvalue weighted by molar-refractivity contribution is 5.15. The molecule has 0 amide bonds. The largest absolute Gasteiger partial charge is 0.394 e. The molecule has 0 aliphatic carbocycles.